The monoisotopic (exact) mass is 298 g/mol. The number of thioether (sulfide) groups is 1. The molecule has 2 saturated heterocycles. The zero-order valence-corrected chi connectivity index (χ0v) is 14.1. The summed E-state index contributed by atoms with van der Waals surface area (Å²) in [5, 5.41) is 7.01. The molecule has 0 aromatic rings. The van der Waals surface area contributed by atoms with Crippen molar-refractivity contribution in [1.29, 1.82) is 0 Å². The van der Waals surface area contributed by atoms with E-state index < -0.39 is 0 Å². The molecule has 2 unspecified atom stereocenters. The zero-order valence-electron chi connectivity index (χ0n) is 13.2. The molecule has 5 heteroatoms. The standard InChI is InChI=1S/C15H30N4S/c1-15(7-5-9-20-15)12-18-14(16-2)17-10-13-6-4-8-19(3)11-13/h13H,4-12H2,1-3H3,(H2,16,17,18). The highest BCUT2D eigenvalue weighted by Crippen LogP contribution is 2.36. The predicted octanol–water partition coefficient (Wildman–Crippen LogP) is 1.78. The Kier molecular flexibility index (Phi) is 6.02. The highest BCUT2D eigenvalue weighted by atomic mass is 32.2. The lowest BCUT2D eigenvalue weighted by Gasteiger charge is -2.30. The van der Waals surface area contributed by atoms with E-state index in [-0.39, 0.29) is 0 Å². The van der Waals surface area contributed by atoms with Gasteiger partial charge in [0.25, 0.3) is 0 Å². The van der Waals surface area contributed by atoms with Gasteiger partial charge in [-0.25, -0.2) is 0 Å². The molecule has 0 spiro atoms. The van der Waals surface area contributed by atoms with Crippen LogP contribution in [0.15, 0.2) is 4.99 Å². The van der Waals surface area contributed by atoms with Gasteiger partial charge in [-0.2, -0.15) is 11.8 Å². The van der Waals surface area contributed by atoms with E-state index in [2.05, 4.69) is 46.3 Å². The molecule has 4 nitrogen and oxygen atoms in total. The first-order chi connectivity index (χ1) is 9.61. The van der Waals surface area contributed by atoms with E-state index in [9.17, 15) is 0 Å². The molecule has 2 rings (SSSR count). The molecule has 2 aliphatic heterocycles. The molecule has 0 amide bonds. The van der Waals surface area contributed by atoms with E-state index in [4.69, 9.17) is 0 Å². The first-order valence-electron chi connectivity index (χ1n) is 7.88. The van der Waals surface area contributed by atoms with Gasteiger partial charge in [-0.1, -0.05) is 0 Å². The summed E-state index contributed by atoms with van der Waals surface area (Å²) < 4.78 is 0.392. The topological polar surface area (TPSA) is 39.7 Å². The zero-order chi connectivity index (χ0) is 14.4. The molecule has 2 fully saturated rings. The predicted molar refractivity (Wildman–Crippen MR) is 89.7 cm³/mol. The molecule has 20 heavy (non-hydrogen) atoms. The Bertz CT molecular complexity index is 326. The smallest absolute Gasteiger partial charge is 0.191 e. The van der Waals surface area contributed by atoms with E-state index in [1.165, 1.54) is 44.5 Å². The second-order valence-electron chi connectivity index (χ2n) is 6.48. The molecule has 2 atom stereocenters. The van der Waals surface area contributed by atoms with Crippen LogP contribution in [0.2, 0.25) is 0 Å². The van der Waals surface area contributed by atoms with Gasteiger partial charge < -0.3 is 15.5 Å². The summed E-state index contributed by atoms with van der Waals surface area (Å²) >= 11 is 2.09. The number of likely N-dealkylation sites (tertiary alicyclic amines) is 1. The highest BCUT2D eigenvalue weighted by Gasteiger charge is 2.29. The first-order valence-corrected chi connectivity index (χ1v) is 8.87. The van der Waals surface area contributed by atoms with E-state index in [1.807, 2.05) is 7.05 Å². The minimum absolute atomic E-state index is 0.392. The van der Waals surface area contributed by atoms with E-state index >= 15 is 0 Å². The van der Waals surface area contributed by atoms with Crippen molar-refractivity contribution in [3.63, 3.8) is 0 Å². The minimum atomic E-state index is 0.392. The SMILES string of the molecule is CN=C(NCC1CCCN(C)C1)NCC1(C)CCCS1. The summed E-state index contributed by atoms with van der Waals surface area (Å²) in [5.74, 6) is 3.02. The largest absolute Gasteiger partial charge is 0.356 e. The van der Waals surface area contributed by atoms with Crippen LogP contribution in [0.3, 0.4) is 0 Å². The van der Waals surface area contributed by atoms with Crippen molar-refractivity contribution in [3.8, 4) is 0 Å². The third-order valence-corrected chi connectivity index (χ3v) is 5.97. The molecule has 0 aromatic carbocycles. The Balaban J connectivity index is 1.69. The number of rotatable bonds is 4. The Morgan fingerprint density at radius 2 is 2.25 bits per heavy atom. The summed E-state index contributed by atoms with van der Waals surface area (Å²) in [7, 11) is 4.09. The maximum absolute atomic E-state index is 4.36. The lowest BCUT2D eigenvalue weighted by Crippen LogP contribution is -2.46. The molecule has 0 bridgehead atoms. The normalized spacial score (nSPS) is 32.4. The van der Waals surface area contributed by atoms with Gasteiger partial charge in [-0.15, -0.1) is 0 Å². The Morgan fingerprint density at radius 1 is 1.40 bits per heavy atom. The third kappa shape index (κ3) is 4.85. The van der Waals surface area contributed by atoms with Crippen LogP contribution < -0.4 is 10.6 Å². The molecule has 2 heterocycles. The Morgan fingerprint density at radius 3 is 2.90 bits per heavy atom. The fourth-order valence-electron chi connectivity index (χ4n) is 3.15. The molecule has 0 aromatic heterocycles. The molecule has 0 radical (unpaired) electrons. The second-order valence-corrected chi connectivity index (χ2v) is 8.16. The fourth-order valence-corrected chi connectivity index (χ4v) is 4.39. The number of aliphatic imine (C=N–C) groups is 1. The van der Waals surface area contributed by atoms with E-state index in [0.717, 1.165) is 25.0 Å². The van der Waals surface area contributed by atoms with Crippen molar-refractivity contribution in [2.45, 2.75) is 37.4 Å². The molecular weight excluding hydrogens is 268 g/mol. The van der Waals surface area contributed by atoms with Crippen LogP contribution in [0.25, 0.3) is 0 Å². The maximum atomic E-state index is 4.36. The molecule has 0 saturated carbocycles. The van der Waals surface area contributed by atoms with Gasteiger partial charge in [0.2, 0.25) is 0 Å². The van der Waals surface area contributed by atoms with Crippen LogP contribution in [0, 0.1) is 5.92 Å². The average molecular weight is 298 g/mol. The first kappa shape index (κ1) is 16.0. The van der Waals surface area contributed by atoms with E-state index in [0.29, 0.717) is 4.75 Å². The van der Waals surface area contributed by atoms with Crippen LogP contribution in [0.4, 0.5) is 0 Å². The number of piperidine rings is 1. The van der Waals surface area contributed by atoms with Crippen molar-refractivity contribution >= 4 is 17.7 Å². The fraction of sp³-hybridized carbons (Fsp3) is 0.933. The van der Waals surface area contributed by atoms with Crippen molar-refractivity contribution in [2.24, 2.45) is 10.9 Å². The second kappa shape index (κ2) is 7.55. The third-order valence-electron chi connectivity index (χ3n) is 4.43. The van der Waals surface area contributed by atoms with Gasteiger partial charge in [-0.05, 0) is 57.9 Å². The summed E-state index contributed by atoms with van der Waals surface area (Å²) in [6, 6.07) is 0. The number of nitrogens with zero attached hydrogens (tertiary/aromatic N) is 2. The summed E-state index contributed by atoms with van der Waals surface area (Å²) in [4.78, 5) is 6.79. The number of nitrogens with one attached hydrogen (secondary N) is 2. The average Bonchev–Trinajstić information content (AvgIpc) is 2.86. The number of hydrogen-bond acceptors (Lipinski definition) is 3. The highest BCUT2D eigenvalue weighted by molar-refractivity contribution is 8.00. The van der Waals surface area contributed by atoms with Crippen LogP contribution >= 0.6 is 11.8 Å². The maximum Gasteiger partial charge on any atom is 0.191 e. The summed E-state index contributed by atoms with van der Waals surface area (Å²) in [6.07, 6.45) is 5.32. The van der Waals surface area contributed by atoms with E-state index in [1.54, 1.807) is 0 Å². The van der Waals surface area contributed by atoms with Gasteiger partial charge in [-0.3, -0.25) is 4.99 Å². The quantitative estimate of drug-likeness (QED) is 0.613. The Labute approximate surface area is 128 Å². The minimum Gasteiger partial charge on any atom is -0.356 e. The van der Waals surface area contributed by atoms with Crippen LogP contribution in [-0.4, -0.2) is 61.6 Å². The van der Waals surface area contributed by atoms with Crippen molar-refractivity contribution in [3.05, 3.63) is 0 Å². The number of guanidine groups is 1. The van der Waals surface area contributed by atoms with Gasteiger partial charge in [0.05, 0.1) is 0 Å². The van der Waals surface area contributed by atoms with Crippen LogP contribution in [-0.2, 0) is 0 Å². The van der Waals surface area contributed by atoms with Crippen LogP contribution in [0.1, 0.15) is 32.6 Å². The molecule has 0 aliphatic carbocycles. The molecule has 2 N–H and O–H groups in total. The lowest BCUT2D eigenvalue weighted by molar-refractivity contribution is 0.210. The molecule has 2 aliphatic rings. The summed E-state index contributed by atoms with van der Waals surface area (Å²) in [6.45, 7) is 6.87. The summed E-state index contributed by atoms with van der Waals surface area (Å²) in [5.41, 5.74) is 0. The lowest BCUT2D eigenvalue weighted by atomic mass is 9.98. The van der Waals surface area contributed by atoms with Crippen molar-refractivity contribution < 1.29 is 0 Å². The van der Waals surface area contributed by atoms with Gasteiger partial charge in [0, 0.05) is 31.4 Å². The molecular formula is C15H30N4S. The van der Waals surface area contributed by atoms with Crippen molar-refractivity contribution in [2.75, 3.05) is 46.0 Å². The van der Waals surface area contributed by atoms with Gasteiger partial charge in [0.1, 0.15) is 0 Å². The van der Waals surface area contributed by atoms with Crippen molar-refractivity contribution in [1.82, 2.24) is 15.5 Å². The molecule has 116 valence electrons. The number of hydrogen-bond donors (Lipinski definition) is 2. The van der Waals surface area contributed by atoms with Crippen LogP contribution in [0.5, 0.6) is 0 Å². The van der Waals surface area contributed by atoms with Gasteiger partial charge >= 0.3 is 0 Å². The van der Waals surface area contributed by atoms with Gasteiger partial charge in [0.15, 0.2) is 5.96 Å². The Hall–Kier alpha value is -0.420.